The number of nitrogen functional groups attached to an aromatic ring is 1. The number of hydrogen-bond donors (Lipinski definition) is 3. The number of carboxylic acid groups (broad SMARTS) is 1. The number of likely N-dealkylation sites (N-methyl/N-ethyl adjacent to an activating group) is 1. The molecule has 1 saturated heterocycles. The number of nitrogens with two attached hydrogens (primary N) is 1. The fraction of sp³-hybridized carbons (Fsp3) is 0.261. The molecule has 9 nitrogen and oxygen atoms in total. The number of nitrogens with zero attached hydrogens (tertiary/aromatic N) is 4. The summed E-state index contributed by atoms with van der Waals surface area (Å²) in [6.07, 6.45) is -8.47. The minimum atomic E-state index is -5.08. The van der Waals surface area contributed by atoms with Crippen LogP contribution in [0.3, 0.4) is 0 Å². The number of fused-ring (bicyclic) bond motifs is 1. The molecule has 0 radical (unpaired) electrons. The summed E-state index contributed by atoms with van der Waals surface area (Å²) in [5, 5.41) is 17.3. The first kappa shape index (κ1) is 28.1. The third kappa shape index (κ3) is 6.09. The van der Waals surface area contributed by atoms with Gasteiger partial charge in [0.2, 0.25) is 5.60 Å². The van der Waals surface area contributed by atoms with Crippen molar-refractivity contribution in [3.63, 3.8) is 0 Å². The first-order chi connectivity index (χ1) is 17.5. The standard InChI is InChI=1S/C21H16F3N5O2.C2HF3O2/c1-29-10-8-20(31,19(29)30)7-5-12-3-2-4-13(11-12)18-27-15-14(6-9-26-17(15)25)16(28-18)21(22,23)24;3-2(4,5)1(6)7/h2-4,6,9,11,31H,8,10H2,1H3,(H2,25,26);(H,6,7)/t20-;/m0./s1. The number of hydrogen-bond acceptors (Lipinski definition) is 7. The van der Waals surface area contributed by atoms with Crippen LogP contribution in [0.15, 0.2) is 36.5 Å². The van der Waals surface area contributed by atoms with Crippen molar-refractivity contribution in [2.75, 3.05) is 19.3 Å². The van der Waals surface area contributed by atoms with E-state index in [1.165, 1.54) is 23.2 Å². The van der Waals surface area contributed by atoms with Gasteiger partial charge in [0.25, 0.3) is 5.91 Å². The van der Waals surface area contributed by atoms with Crippen LogP contribution < -0.4 is 5.73 Å². The number of aromatic nitrogens is 3. The quantitative estimate of drug-likeness (QED) is 0.315. The van der Waals surface area contributed by atoms with E-state index < -0.39 is 35.5 Å². The molecule has 15 heteroatoms. The van der Waals surface area contributed by atoms with Crippen LogP contribution in [0.4, 0.5) is 32.2 Å². The van der Waals surface area contributed by atoms with Crippen molar-refractivity contribution >= 4 is 28.6 Å². The number of aliphatic carboxylic acids is 1. The molecule has 0 aliphatic carbocycles. The Morgan fingerprint density at radius 3 is 2.37 bits per heavy atom. The zero-order chi connectivity index (χ0) is 28.5. The van der Waals surface area contributed by atoms with Crippen molar-refractivity contribution in [1.29, 1.82) is 0 Å². The van der Waals surface area contributed by atoms with E-state index in [0.29, 0.717) is 12.1 Å². The predicted molar refractivity (Wildman–Crippen MR) is 120 cm³/mol. The molecule has 0 saturated carbocycles. The molecule has 4 rings (SSSR count). The number of carboxylic acids is 1. The van der Waals surface area contributed by atoms with Crippen molar-refractivity contribution in [3.8, 4) is 23.2 Å². The number of pyridine rings is 1. The van der Waals surface area contributed by atoms with E-state index in [0.717, 1.165) is 6.07 Å². The lowest BCUT2D eigenvalue weighted by atomic mass is 10.0. The number of rotatable bonds is 1. The molecule has 1 aliphatic heterocycles. The van der Waals surface area contributed by atoms with Crippen LogP contribution in [0.25, 0.3) is 22.3 Å². The molecule has 200 valence electrons. The van der Waals surface area contributed by atoms with Crippen LogP contribution in [0, 0.1) is 11.8 Å². The number of carbonyl (C=O) groups is 2. The van der Waals surface area contributed by atoms with Gasteiger partial charge < -0.3 is 20.8 Å². The number of carbonyl (C=O) groups excluding carboxylic acids is 1. The topological polar surface area (TPSA) is 143 Å². The fourth-order valence-electron chi connectivity index (χ4n) is 3.30. The summed E-state index contributed by atoms with van der Waals surface area (Å²) < 4.78 is 72.5. The maximum absolute atomic E-state index is 13.6. The SMILES string of the molecule is CN1CC[C@@](O)(C#Cc2cccc(-c3nc(C(F)(F)F)c4ccnc(N)c4n3)c2)C1=O.O=C(O)C(F)(F)F. The van der Waals surface area contributed by atoms with Crippen LogP contribution in [-0.2, 0) is 15.8 Å². The van der Waals surface area contributed by atoms with E-state index in [2.05, 4.69) is 26.8 Å². The van der Waals surface area contributed by atoms with Gasteiger partial charge in [0.1, 0.15) is 11.3 Å². The average Bonchev–Trinajstić information content (AvgIpc) is 3.09. The van der Waals surface area contributed by atoms with Crippen LogP contribution in [0.2, 0.25) is 0 Å². The van der Waals surface area contributed by atoms with Crippen molar-refractivity contribution in [2.45, 2.75) is 24.4 Å². The summed E-state index contributed by atoms with van der Waals surface area (Å²) in [7, 11) is 1.57. The highest BCUT2D eigenvalue weighted by atomic mass is 19.4. The first-order valence-corrected chi connectivity index (χ1v) is 10.4. The molecule has 0 unspecified atom stereocenters. The van der Waals surface area contributed by atoms with Gasteiger partial charge in [-0.15, -0.1) is 0 Å². The van der Waals surface area contributed by atoms with Crippen LogP contribution in [-0.4, -0.2) is 67.3 Å². The van der Waals surface area contributed by atoms with Gasteiger partial charge >= 0.3 is 18.3 Å². The predicted octanol–water partition coefficient (Wildman–Crippen LogP) is 2.87. The third-order valence-corrected chi connectivity index (χ3v) is 5.20. The summed E-state index contributed by atoms with van der Waals surface area (Å²) in [6.45, 7) is 0.380. The minimum absolute atomic E-state index is 0.106. The molecule has 1 aliphatic rings. The normalized spacial score (nSPS) is 17.5. The van der Waals surface area contributed by atoms with Crippen molar-refractivity contribution in [3.05, 3.63) is 47.8 Å². The molecule has 1 aromatic carbocycles. The number of likely N-dealkylation sites (tertiary alicyclic amines) is 1. The van der Waals surface area contributed by atoms with E-state index in [-0.39, 0.29) is 34.5 Å². The highest BCUT2D eigenvalue weighted by Crippen LogP contribution is 2.35. The van der Waals surface area contributed by atoms with Crippen molar-refractivity contribution < 1.29 is 46.1 Å². The van der Waals surface area contributed by atoms with Gasteiger partial charge in [-0.2, -0.15) is 26.3 Å². The lowest BCUT2D eigenvalue weighted by Gasteiger charge is -2.13. The molecule has 4 N–H and O–H groups in total. The summed E-state index contributed by atoms with van der Waals surface area (Å²) in [4.78, 5) is 34.0. The van der Waals surface area contributed by atoms with Gasteiger partial charge in [-0.25, -0.2) is 19.7 Å². The molecule has 1 fully saturated rings. The zero-order valence-corrected chi connectivity index (χ0v) is 19.2. The third-order valence-electron chi connectivity index (χ3n) is 5.20. The Kier molecular flexibility index (Phi) is 7.50. The molecule has 38 heavy (non-hydrogen) atoms. The molecular weight excluding hydrogens is 524 g/mol. The molecule has 0 bridgehead atoms. The number of alkyl halides is 6. The van der Waals surface area contributed by atoms with E-state index in [1.54, 1.807) is 19.2 Å². The smallest absolute Gasteiger partial charge is 0.475 e. The average molecular weight is 541 g/mol. The Morgan fingerprint density at radius 2 is 1.82 bits per heavy atom. The Labute approximate surface area is 209 Å². The van der Waals surface area contributed by atoms with E-state index in [1.807, 2.05) is 0 Å². The summed E-state index contributed by atoms with van der Waals surface area (Å²) in [5.41, 5.74) is 3.39. The lowest BCUT2D eigenvalue weighted by Crippen LogP contribution is -2.37. The summed E-state index contributed by atoms with van der Waals surface area (Å²) in [5.74, 6) is 1.70. The number of aliphatic hydroxyl groups is 1. The molecule has 1 atom stereocenters. The monoisotopic (exact) mass is 541 g/mol. The minimum Gasteiger partial charge on any atom is -0.475 e. The van der Waals surface area contributed by atoms with Gasteiger partial charge in [-0.1, -0.05) is 24.0 Å². The molecule has 3 aromatic rings. The zero-order valence-electron chi connectivity index (χ0n) is 19.2. The fourth-order valence-corrected chi connectivity index (χ4v) is 3.30. The van der Waals surface area contributed by atoms with Gasteiger partial charge in [-0.3, -0.25) is 4.79 Å². The Hall–Kier alpha value is -4.45. The van der Waals surface area contributed by atoms with Crippen molar-refractivity contribution in [2.24, 2.45) is 0 Å². The lowest BCUT2D eigenvalue weighted by molar-refractivity contribution is -0.192. The molecule has 2 aromatic heterocycles. The summed E-state index contributed by atoms with van der Waals surface area (Å²) >= 11 is 0. The molecule has 3 heterocycles. The largest absolute Gasteiger partial charge is 0.490 e. The van der Waals surface area contributed by atoms with Gasteiger partial charge in [0.15, 0.2) is 11.5 Å². The van der Waals surface area contributed by atoms with Gasteiger partial charge in [0.05, 0.1) is 0 Å². The molecular formula is C23H17F6N5O4. The van der Waals surface area contributed by atoms with Crippen molar-refractivity contribution in [1.82, 2.24) is 19.9 Å². The number of halogens is 6. The molecule has 0 spiro atoms. The van der Waals surface area contributed by atoms with Crippen LogP contribution >= 0.6 is 0 Å². The van der Waals surface area contributed by atoms with Crippen LogP contribution in [0.1, 0.15) is 17.7 Å². The van der Waals surface area contributed by atoms with Gasteiger partial charge in [-0.05, 0) is 18.2 Å². The highest BCUT2D eigenvalue weighted by Gasteiger charge is 2.42. The second-order valence-corrected chi connectivity index (χ2v) is 7.96. The van der Waals surface area contributed by atoms with Crippen LogP contribution in [0.5, 0.6) is 0 Å². The maximum Gasteiger partial charge on any atom is 0.490 e. The second-order valence-electron chi connectivity index (χ2n) is 7.96. The Bertz CT molecular complexity index is 1460. The summed E-state index contributed by atoms with van der Waals surface area (Å²) in [6, 6.07) is 7.34. The van der Waals surface area contributed by atoms with E-state index >= 15 is 0 Å². The van der Waals surface area contributed by atoms with E-state index in [9.17, 15) is 36.2 Å². The Morgan fingerprint density at radius 1 is 1.16 bits per heavy atom. The second kappa shape index (κ2) is 10.1. The van der Waals surface area contributed by atoms with Gasteiger partial charge in [0, 0.05) is 42.7 Å². The van der Waals surface area contributed by atoms with E-state index in [4.69, 9.17) is 15.6 Å². The Balaban J connectivity index is 0.000000505. The first-order valence-electron chi connectivity index (χ1n) is 10.4. The maximum atomic E-state index is 13.6. The molecule has 1 amide bonds. The number of benzene rings is 1. The number of anilines is 1. The number of amides is 1. The highest BCUT2D eigenvalue weighted by molar-refractivity contribution is 5.91.